The van der Waals surface area contributed by atoms with E-state index in [1.165, 1.54) is 18.2 Å². The molecule has 3 aromatic carbocycles. The molecular formula is C22H11Cl3N4O6. The van der Waals surface area contributed by atoms with Gasteiger partial charge < -0.3 is 10.1 Å². The van der Waals surface area contributed by atoms with Crippen molar-refractivity contribution in [3.8, 4) is 17.6 Å². The SMILES string of the molecule is N#C/C(=C\c1cc(Cl)c(Oc2ccc([N+](=O)[O-])cc2[N+](=O)[O-])c(Cl)c1)C(=O)Nc1ccccc1Cl. The highest BCUT2D eigenvalue weighted by Crippen LogP contribution is 2.41. The predicted octanol–water partition coefficient (Wildman–Crippen LogP) is 6.80. The lowest BCUT2D eigenvalue weighted by Crippen LogP contribution is -2.13. The van der Waals surface area contributed by atoms with E-state index in [0.717, 1.165) is 18.2 Å². The largest absolute Gasteiger partial charge is 0.447 e. The summed E-state index contributed by atoms with van der Waals surface area (Å²) in [5, 5.41) is 34.3. The van der Waals surface area contributed by atoms with Crippen LogP contribution >= 0.6 is 34.8 Å². The molecule has 0 aromatic heterocycles. The van der Waals surface area contributed by atoms with Gasteiger partial charge in [-0.3, -0.25) is 25.0 Å². The standard InChI is InChI=1S/C22H11Cl3N4O6/c23-15-3-1-2-4-18(15)27-22(30)13(11-26)7-12-8-16(24)21(17(25)9-12)35-20-6-5-14(28(31)32)10-19(20)29(33)34/h1-10H,(H,27,30)/b13-7+. The summed E-state index contributed by atoms with van der Waals surface area (Å²) in [6.07, 6.45) is 1.22. The molecule has 13 heteroatoms. The number of halogens is 3. The summed E-state index contributed by atoms with van der Waals surface area (Å²) < 4.78 is 5.49. The van der Waals surface area contributed by atoms with Gasteiger partial charge in [0.05, 0.1) is 36.7 Å². The second kappa shape index (κ2) is 10.8. The molecule has 0 fully saturated rings. The number of ether oxygens (including phenoxy) is 1. The minimum absolute atomic E-state index is 0.0970. The second-order valence-electron chi connectivity index (χ2n) is 6.69. The van der Waals surface area contributed by atoms with E-state index < -0.39 is 27.1 Å². The summed E-state index contributed by atoms with van der Waals surface area (Å²) >= 11 is 18.5. The Hall–Kier alpha value is -4.17. The van der Waals surface area contributed by atoms with Gasteiger partial charge in [-0.2, -0.15) is 5.26 Å². The Labute approximate surface area is 212 Å². The van der Waals surface area contributed by atoms with E-state index in [1.54, 1.807) is 30.3 Å². The van der Waals surface area contributed by atoms with Gasteiger partial charge in [-0.1, -0.05) is 46.9 Å². The van der Waals surface area contributed by atoms with E-state index in [4.69, 9.17) is 39.5 Å². The molecule has 1 amide bonds. The van der Waals surface area contributed by atoms with Crippen molar-refractivity contribution in [1.29, 1.82) is 5.26 Å². The average molecular weight is 534 g/mol. The Morgan fingerprint density at radius 1 is 0.971 bits per heavy atom. The Morgan fingerprint density at radius 2 is 1.63 bits per heavy atom. The minimum atomic E-state index is -0.849. The molecule has 176 valence electrons. The van der Waals surface area contributed by atoms with Crippen molar-refractivity contribution >= 4 is 63.8 Å². The number of benzene rings is 3. The molecule has 0 aliphatic carbocycles. The molecule has 0 aliphatic rings. The number of rotatable bonds is 7. The molecule has 3 rings (SSSR count). The number of para-hydroxylation sites is 1. The highest BCUT2D eigenvalue weighted by molar-refractivity contribution is 6.37. The molecule has 3 aromatic rings. The van der Waals surface area contributed by atoms with Crippen LogP contribution in [0.3, 0.4) is 0 Å². The summed E-state index contributed by atoms with van der Waals surface area (Å²) in [6, 6.07) is 13.7. The zero-order valence-electron chi connectivity index (χ0n) is 17.2. The van der Waals surface area contributed by atoms with Gasteiger partial charge >= 0.3 is 5.69 Å². The number of amides is 1. The first-order chi connectivity index (χ1) is 16.6. The first kappa shape index (κ1) is 25.5. The Morgan fingerprint density at radius 3 is 2.20 bits per heavy atom. The summed E-state index contributed by atoms with van der Waals surface area (Å²) in [5.41, 5.74) is -0.878. The predicted molar refractivity (Wildman–Crippen MR) is 130 cm³/mol. The van der Waals surface area contributed by atoms with Gasteiger partial charge in [-0.25, -0.2) is 0 Å². The van der Waals surface area contributed by atoms with Crippen LogP contribution in [0, 0.1) is 31.6 Å². The molecule has 0 atom stereocenters. The first-order valence-corrected chi connectivity index (χ1v) is 10.5. The lowest BCUT2D eigenvalue weighted by Gasteiger charge is -2.11. The zero-order chi connectivity index (χ0) is 25.7. The molecule has 0 bridgehead atoms. The molecule has 35 heavy (non-hydrogen) atoms. The minimum Gasteiger partial charge on any atom is -0.447 e. The topological polar surface area (TPSA) is 148 Å². The van der Waals surface area contributed by atoms with Crippen molar-refractivity contribution in [3.63, 3.8) is 0 Å². The summed E-state index contributed by atoms with van der Waals surface area (Å²) in [4.78, 5) is 33.1. The monoisotopic (exact) mass is 532 g/mol. The fourth-order valence-electron chi connectivity index (χ4n) is 2.79. The van der Waals surface area contributed by atoms with Gasteiger partial charge in [0.2, 0.25) is 5.75 Å². The number of nitriles is 1. The molecule has 10 nitrogen and oxygen atoms in total. The van der Waals surface area contributed by atoms with Crippen LogP contribution in [0.2, 0.25) is 15.1 Å². The van der Waals surface area contributed by atoms with Crippen molar-refractivity contribution < 1.29 is 19.4 Å². The van der Waals surface area contributed by atoms with E-state index >= 15 is 0 Å². The summed E-state index contributed by atoms with van der Waals surface area (Å²) in [6.45, 7) is 0. The number of carbonyl (C=O) groups excluding carboxylic acids is 1. The van der Waals surface area contributed by atoms with Gasteiger partial charge in [0.1, 0.15) is 11.6 Å². The van der Waals surface area contributed by atoms with Crippen LogP contribution in [0.1, 0.15) is 5.56 Å². The molecule has 0 radical (unpaired) electrons. The van der Waals surface area contributed by atoms with Crippen LogP contribution in [-0.2, 0) is 4.79 Å². The van der Waals surface area contributed by atoms with Crippen molar-refractivity contribution in [2.75, 3.05) is 5.32 Å². The van der Waals surface area contributed by atoms with Crippen molar-refractivity contribution in [1.82, 2.24) is 0 Å². The number of carbonyl (C=O) groups is 1. The van der Waals surface area contributed by atoms with Crippen LogP contribution in [0.15, 0.2) is 60.2 Å². The van der Waals surface area contributed by atoms with Gasteiger partial charge in [-0.15, -0.1) is 0 Å². The molecule has 0 saturated carbocycles. The van der Waals surface area contributed by atoms with Crippen LogP contribution < -0.4 is 10.1 Å². The third kappa shape index (κ3) is 6.04. The number of hydrogen-bond acceptors (Lipinski definition) is 7. The highest BCUT2D eigenvalue weighted by atomic mass is 35.5. The van der Waals surface area contributed by atoms with Gasteiger partial charge in [0.15, 0.2) is 5.75 Å². The molecule has 0 heterocycles. The highest BCUT2D eigenvalue weighted by Gasteiger charge is 2.23. The van der Waals surface area contributed by atoms with Crippen molar-refractivity contribution in [2.24, 2.45) is 0 Å². The molecule has 1 N–H and O–H groups in total. The second-order valence-corrected chi connectivity index (χ2v) is 7.91. The lowest BCUT2D eigenvalue weighted by molar-refractivity contribution is -0.394. The van der Waals surface area contributed by atoms with Gasteiger partial charge in [0, 0.05) is 6.07 Å². The van der Waals surface area contributed by atoms with E-state index in [-0.39, 0.29) is 37.7 Å². The fraction of sp³-hybridized carbons (Fsp3) is 0. The summed E-state index contributed by atoms with van der Waals surface area (Å²) in [7, 11) is 0. The molecule has 0 saturated heterocycles. The number of nitro benzene ring substituents is 2. The maximum atomic E-state index is 12.5. The molecule has 0 spiro atoms. The molecule has 0 aliphatic heterocycles. The third-order valence-electron chi connectivity index (χ3n) is 4.38. The molecular weight excluding hydrogens is 523 g/mol. The van der Waals surface area contributed by atoms with E-state index in [0.29, 0.717) is 5.69 Å². The fourth-order valence-corrected chi connectivity index (χ4v) is 3.55. The van der Waals surface area contributed by atoms with Crippen LogP contribution in [0.5, 0.6) is 11.5 Å². The Bertz CT molecular complexity index is 1410. The number of nitro groups is 2. The Kier molecular flexibility index (Phi) is 7.88. The maximum Gasteiger partial charge on any atom is 0.318 e. The van der Waals surface area contributed by atoms with E-state index in [2.05, 4.69) is 5.32 Å². The first-order valence-electron chi connectivity index (χ1n) is 9.38. The summed E-state index contributed by atoms with van der Waals surface area (Å²) in [5.74, 6) is -1.22. The number of hydrogen-bond donors (Lipinski definition) is 1. The normalized spacial score (nSPS) is 10.9. The number of non-ortho nitro benzene ring substituents is 1. The third-order valence-corrected chi connectivity index (χ3v) is 5.27. The van der Waals surface area contributed by atoms with Crippen LogP contribution in [0.4, 0.5) is 17.1 Å². The van der Waals surface area contributed by atoms with E-state index in [1.807, 2.05) is 0 Å². The zero-order valence-corrected chi connectivity index (χ0v) is 19.5. The van der Waals surface area contributed by atoms with E-state index in [9.17, 15) is 30.3 Å². The Balaban J connectivity index is 1.91. The number of nitrogens with zero attached hydrogens (tertiary/aromatic N) is 3. The van der Waals surface area contributed by atoms with Gasteiger partial charge in [0.25, 0.3) is 11.6 Å². The van der Waals surface area contributed by atoms with Crippen LogP contribution in [-0.4, -0.2) is 15.8 Å². The smallest absolute Gasteiger partial charge is 0.318 e. The number of nitrogens with one attached hydrogen (secondary N) is 1. The van der Waals surface area contributed by atoms with Gasteiger partial charge in [-0.05, 0) is 42.0 Å². The van der Waals surface area contributed by atoms with Crippen molar-refractivity contribution in [2.45, 2.75) is 0 Å². The quantitative estimate of drug-likeness (QED) is 0.152. The molecule has 0 unspecified atom stereocenters. The average Bonchev–Trinajstić information content (AvgIpc) is 2.81. The van der Waals surface area contributed by atoms with Crippen molar-refractivity contribution in [3.05, 3.63) is 101 Å². The maximum absolute atomic E-state index is 12.5. The van der Waals surface area contributed by atoms with Crippen LogP contribution in [0.25, 0.3) is 6.08 Å². The number of anilines is 1. The lowest BCUT2D eigenvalue weighted by atomic mass is 10.1.